The van der Waals surface area contributed by atoms with Crippen molar-refractivity contribution in [1.82, 2.24) is 0 Å². The van der Waals surface area contributed by atoms with Crippen LogP contribution in [0.1, 0.15) is 13.3 Å². The fraction of sp³-hybridized carbons (Fsp3) is 0.667. The minimum absolute atomic E-state index is 0.189. The van der Waals surface area contributed by atoms with Crippen LogP contribution in [0.25, 0.3) is 0 Å². The third kappa shape index (κ3) is 2.24. The van der Waals surface area contributed by atoms with E-state index in [4.69, 9.17) is 9.84 Å². The number of rotatable bonds is 2. The molecular weight excluding hydrogens is 236 g/mol. The smallest absolute Gasteiger partial charge is 0.308 e. The van der Waals surface area contributed by atoms with Crippen LogP contribution in [0.15, 0.2) is 11.8 Å². The first-order valence-corrected chi connectivity index (χ1v) is 5.10. The maximum atomic E-state index is 10.9. The summed E-state index contributed by atoms with van der Waals surface area (Å²) < 4.78 is 5.11. The molecule has 0 saturated heterocycles. The summed E-state index contributed by atoms with van der Waals surface area (Å²) in [4.78, 5) is 10.7. The first-order valence-electron chi connectivity index (χ1n) is 4.18. The van der Waals surface area contributed by atoms with Crippen molar-refractivity contribution in [2.24, 2.45) is 11.8 Å². The Balaban J connectivity index is 2.84. The average Bonchev–Trinajstić information content (AvgIpc) is 2.08. The van der Waals surface area contributed by atoms with E-state index >= 15 is 0 Å². The van der Waals surface area contributed by atoms with Gasteiger partial charge in [-0.15, -0.1) is 0 Å². The Labute approximate surface area is 85.9 Å². The van der Waals surface area contributed by atoms with Gasteiger partial charge in [0.25, 0.3) is 0 Å². The molecule has 0 fully saturated rings. The van der Waals surface area contributed by atoms with Crippen LogP contribution in [-0.4, -0.2) is 23.0 Å². The predicted octanol–water partition coefficient (Wildman–Crippen LogP) is 2.02. The minimum atomic E-state index is -0.767. The summed E-state index contributed by atoms with van der Waals surface area (Å²) in [6.07, 6.45) is 2.64. The number of hydrogen-bond donors (Lipinski definition) is 1. The lowest BCUT2D eigenvalue weighted by molar-refractivity contribution is -0.142. The van der Waals surface area contributed by atoms with E-state index in [1.165, 1.54) is 0 Å². The molecule has 0 aliphatic heterocycles. The second-order valence-electron chi connectivity index (χ2n) is 3.33. The van der Waals surface area contributed by atoms with Crippen molar-refractivity contribution in [3.63, 3.8) is 0 Å². The molecule has 74 valence electrons. The van der Waals surface area contributed by atoms with Gasteiger partial charge in [0.15, 0.2) is 0 Å². The van der Waals surface area contributed by atoms with Crippen LogP contribution in [0, 0.1) is 11.8 Å². The third-order valence-corrected chi connectivity index (χ3v) is 3.34. The number of aliphatic carboxylic acids is 1. The second kappa shape index (κ2) is 4.13. The molecule has 0 heterocycles. The highest BCUT2D eigenvalue weighted by atomic mass is 79.9. The zero-order chi connectivity index (χ0) is 10.0. The van der Waals surface area contributed by atoms with Crippen LogP contribution in [0.5, 0.6) is 0 Å². The van der Waals surface area contributed by atoms with Crippen LogP contribution in [0.2, 0.25) is 0 Å². The molecule has 0 amide bonds. The largest absolute Gasteiger partial charge is 0.500 e. The standard InChI is InChI=1S/C9H13BrO3/c1-5-3-6(9(11)12)8(10)7(4-5)13-2/h4-6,8H,3H2,1-2H3,(H,11,12)/t5-,6?,8?/m0/s1. The van der Waals surface area contributed by atoms with E-state index in [1.807, 2.05) is 13.0 Å². The highest BCUT2D eigenvalue weighted by Gasteiger charge is 2.34. The van der Waals surface area contributed by atoms with E-state index in [1.54, 1.807) is 7.11 Å². The Morgan fingerprint density at radius 3 is 2.85 bits per heavy atom. The summed E-state index contributed by atoms with van der Waals surface area (Å²) in [5.74, 6) is -0.151. The van der Waals surface area contributed by atoms with Crippen LogP contribution in [0.4, 0.5) is 0 Å². The molecule has 3 atom stereocenters. The highest BCUT2D eigenvalue weighted by Crippen LogP contribution is 2.33. The molecular formula is C9H13BrO3. The van der Waals surface area contributed by atoms with Gasteiger partial charge < -0.3 is 9.84 Å². The summed E-state index contributed by atoms with van der Waals surface area (Å²) in [6, 6.07) is 0. The lowest BCUT2D eigenvalue weighted by atomic mass is 9.86. The van der Waals surface area contributed by atoms with Crippen molar-refractivity contribution in [1.29, 1.82) is 0 Å². The van der Waals surface area contributed by atoms with E-state index in [-0.39, 0.29) is 16.7 Å². The van der Waals surface area contributed by atoms with Gasteiger partial charge in [0.1, 0.15) is 5.76 Å². The van der Waals surface area contributed by atoms with Crippen molar-refractivity contribution in [2.45, 2.75) is 18.2 Å². The van der Waals surface area contributed by atoms with Crippen molar-refractivity contribution in [3.8, 4) is 0 Å². The number of carboxylic acids is 1. The van der Waals surface area contributed by atoms with Crippen LogP contribution < -0.4 is 0 Å². The summed E-state index contributed by atoms with van der Waals surface area (Å²) in [7, 11) is 1.57. The lowest BCUT2D eigenvalue weighted by Gasteiger charge is -2.27. The number of hydrogen-bond acceptors (Lipinski definition) is 2. The number of carbonyl (C=O) groups is 1. The molecule has 0 aromatic carbocycles. The van der Waals surface area contributed by atoms with Gasteiger partial charge in [-0.25, -0.2) is 0 Å². The number of carboxylic acid groups (broad SMARTS) is 1. The second-order valence-corrected chi connectivity index (χ2v) is 4.32. The lowest BCUT2D eigenvalue weighted by Crippen LogP contribution is -2.31. The zero-order valence-electron chi connectivity index (χ0n) is 7.66. The maximum Gasteiger partial charge on any atom is 0.308 e. The van der Waals surface area contributed by atoms with Crippen molar-refractivity contribution < 1.29 is 14.6 Å². The SMILES string of the molecule is COC1=C[C@@H](C)CC(C(=O)O)C1Br. The fourth-order valence-corrected chi connectivity index (χ4v) is 2.35. The van der Waals surface area contributed by atoms with Gasteiger partial charge >= 0.3 is 5.97 Å². The average molecular weight is 249 g/mol. The topological polar surface area (TPSA) is 46.5 Å². The number of allylic oxidation sites excluding steroid dienone is 2. The zero-order valence-corrected chi connectivity index (χ0v) is 9.24. The molecule has 3 nitrogen and oxygen atoms in total. The number of ether oxygens (including phenoxy) is 1. The Morgan fingerprint density at radius 2 is 2.38 bits per heavy atom. The Kier molecular flexibility index (Phi) is 3.36. The van der Waals surface area contributed by atoms with Gasteiger partial charge in [0.05, 0.1) is 17.9 Å². The highest BCUT2D eigenvalue weighted by molar-refractivity contribution is 9.09. The quantitative estimate of drug-likeness (QED) is 0.761. The number of alkyl halides is 1. The monoisotopic (exact) mass is 248 g/mol. The molecule has 0 saturated carbocycles. The maximum absolute atomic E-state index is 10.9. The Hall–Kier alpha value is -0.510. The van der Waals surface area contributed by atoms with Crippen LogP contribution in [-0.2, 0) is 9.53 Å². The van der Waals surface area contributed by atoms with Crippen LogP contribution in [0.3, 0.4) is 0 Å². The van der Waals surface area contributed by atoms with Gasteiger partial charge in [-0.2, -0.15) is 0 Å². The van der Waals surface area contributed by atoms with E-state index in [0.717, 1.165) is 5.76 Å². The Bertz CT molecular complexity index is 237. The summed E-state index contributed by atoms with van der Waals surface area (Å²) in [6.45, 7) is 1.99. The van der Waals surface area contributed by atoms with Crippen molar-refractivity contribution >= 4 is 21.9 Å². The van der Waals surface area contributed by atoms with E-state index in [2.05, 4.69) is 15.9 Å². The van der Waals surface area contributed by atoms with Crippen LogP contribution >= 0.6 is 15.9 Å². The predicted molar refractivity (Wildman–Crippen MR) is 52.7 cm³/mol. The molecule has 0 bridgehead atoms. The molecule has 0 aromatic heterocycles. The van der Waals surface area contributed by atoms with E-state index < -0.39 is 5.97 Å². The molecule has 0 aromatic rings. The summed E-state index contributed by atoms with van der Waals surface area (Å²) >= 11 is 3.34. The normalized spacial score (nSPS) is 33.8. The molecule has 1 N–H and O–H groups in total. The summed E-state index contributed by atoms with van der Waals surface area (Å²) in [5, 5.41) is 8.93. The minimum Gasteiger partial charge on any atom is -0.500 e. The molecule has 4 heteroatoms. The number of methoxy groups -OCH3 is 1. The molecule has 1 aliphatic carbocycles. The van der Waals surface area contributed by atoms with Crippen molar-refractivity contribution in [2.75, 3.05) is 7.11 Å². The number of halogens is 1. The molecule has 1 rings (SSSR count). The van der Waals surface area contributed by atoms with Gasteiger partial charge in [-0.05, 0) is 18.4 Å². The Morgan fingerprint density at radius 1 is 1.77 bits per heavy atom. The summed E-state index contributed by atoms with van der Waals surface area (Å²) in [5.41, 5.74) is 0. The van der Waals surface area contributed by atoms with E-state index in [9.17, 15) is 4.79 Å². The van der Waals surface area contributed by atoms with E-state index in [0.29, 0.717) is 6.42 Å². The molecule has 0 radical (unpaired) electrons. The first-order chi connectivity index (χ1) is 6.06. The third-order valence-electron chi connectivity index (χ3n) is 2.25. The molecule has 13 heavy (non-hydrogen) atoms. The van der Waals surface area contributed by atoms with Gasteiger partial charge in [0, 0.05) is 0 Å². The van der Waals surface area contributed by atoms with Crippen molar-refractivity contribution in [3.05, 3.63) is 11.8 Å². The molecule has 2 unspecified atom stereocenters. The molecule has 1 aliphatic rings. The first kappa shape index (κ1) is 10.6. The fourth-order valence-electron chi connectivity index (χ4n) is 1.57. The van der Waals surface area contributed by atoms with Gasteiger partial charge in [-0.1, -0.05) is 22.9 Å². The van der Waals surface area contributed by atoms with Gasteiger partial charge in [0.2, 0.25) is 0 Å². The molecule has 0 spiro atoms. The van der Waals surface area contributed by atoms with Gasteiger partial charge in [-0.3, -0.25) is 4.79 Å².